The van der Waals surface area contributed by atoms with E-state index in [1.807, 2.05) is 13.0 Å². The first-order valence-electron chi connectivity index (χ1n) is 7.85. The van der Waals surface area contributed by atoms with Crippen LogP contribution in [0.3, 0.4) is 0 Å². The molecule has 0 radical (unpaired) electrons. The number of hydrogen-bond donors (Lipinski definition) is 2. The van der Waals surface area contributed by atoms with Gasteiger partial charge in [-0.05, 0) is 39.0 Å². The van der Waals surface area contributed by atoms with Crippen molar-refractivity contribution in [2.24, 2.45) is 11.7 Å². The van der Waals surface area contributed by atoms with Crippen molar-refractivity contribution in [1.29, 1.82) is 0 Å². The van der Waals surface area contributed by atoms with Crippen molar-refractivity contribution < 1.29 is 9.84 Å². The van der Waals surface area contributed by atoms with E-state index >= 15 is 0 Å². The Morgan fingerprint density at radius 1 is 1.29 bits per heavy atom. The van der Waals surface area contributed by atoms with Gasteiger partial charge in [0, 0.05) is 19.1 Å². The summed E-state index contributed by atoms with van der Waals surface area (Å²) in [4.78, 5) is 0. The van der Waals surface area contributed by atoms with Crippen LogP contribution in [0.1, 0.15) is 52.4 Å². The molecule has 3 nitrogen and oxygen atoms in total. The van der Waals surface area contributed by atoms with Crippen LogP contribution in [-0.2, 0) is 4.74 Å². The van der Waals surface area contributed by atoms with Crippen LogP contribution in [0.5, 0.6) is 0 Å². The summed E-state index contributed by atoms with van der Waals surface area (Å²) < 4.78 is 5.40. The van der Waals surface area contributed by atoms with E-state index in [9.17, 15) is 5.11 Å². The zero-order chi connectivity index (χ0) is 15.0. The van der Waals surface area contributed by atoms with Crippen LogP contribution < -0.4 is 5.73 Å². The van der Waals surface area contributed by atoms with Gasteiger partial charge in [0.2, 0.25) is 0 Å². The molecule has 4 atom stereocenters. The molecule has 0 saturated carbocycles. The fraction of sp³-hybridized carbons (Fsp3) is 0.765. The molecule has 0 spiro atoms. The first-order valence-corrected chi connectivity index (χ1v) is 7.85. The molecule has 1 aliphatic rings. The second kappa shape index (κ2) is 11.2. The molecule has 1 rings (SSSR count). The van der Waals surface area contributed by atoms with Gasteiger partial charge >= 0.3 is 0 Å². The van der Waals surface area contributed by atoms with Gasteiger partial charge in [0.25, 0.3) is 0 Å². The molecule has 0 aromatic carbocycles. The van der Waals surface area contributed by atoms with Crippen molar-refractivity contribution in [3.8, 4) is 0 Å². The second-order valence-corrected chi connectivity index (χ2v) is 6.07. The maximum absolute atomic E-state index is 10.4. The van der Waals surface area contributed by atoms with Crippen LogP contribution in [-0.4, -0.2) is 30.5 Å². The van der Waals surface area contributed by atoms with E-state index in [-0.39, 0.29) is 24.4 Å². The minimum Gasteiger partial charge on any atom is -0.389 e. The lowest BCUT2D eigenvalue weighted by molar-refractivity contribution is -0.00188. The van der Waals surface area contributed by atoms with Gasteiger partial charge in [0.1, 0.15) is 6.10 Å². The van der Waals surface area contributed by atoms with E-state index in [1.54, 1.807) is 7.11 Å². The summed E-state index contributed by atoms with van der Waals surface area (Å²) in [6, 6.07) is 0.303. The number of halogens is 1. The Balaban J connectivity index is 0.00000400. The minimum atomic E-state index is -0.497. The largest absolute Gasteiger partial charge is 0.389 e. The number of allylic oxidation sites excluding steroid dienone is 2. The van der Waals surface area contributed by atoms with E-state index in [1.165, 1.54) is 12.0 Å². The monoisotopic (exact) mass is 317 g/mol. The second-order valence-electron chi connectivity index (χ2n) is 6.07. The smallest absolute Gasteiger partial charge is 0.102 e. The molecular formula is C17H32ClNO2. The van der Waals surface area contributed by atoms with Crippen molar-refractivity contribution in [3.63, 3.8) is 0 Å². The number of hydrogen-bond acceptors (Lipinski definition) is 3. The van der Waals surface area contributed by atoms with Crippen molar-refractivity contribution >= 4 is 12.4 Å². The molecule has 0 aromatic heterocycles. The Hall–Kier alpha value is -0.350. The molecular weight excluding hydrogens is 286 g/mol. The summed E-state index contributed by atoms with van der Waals surface area (Å²) in [6.45, 7) is 4.17. The lowest BCUT2D eigenvalue weighted by atomic mass is 9.93. The van der Waals surface area contributed by atoms with Gasteiger partial charge in [-0.3, -0.25) is 0 Å². The lowest BCUT2D eigenvalue weighted by Crippen LogP contribution is -2.31. The molecule has 0 saturated heterocycles. The Bertz CT molecular complexity index is 331. The number of rotatable bonds is 1. The summed E-state index contributed by atoms with van der Waals surface area (Å²) in [6.07, 6.45) is 12.1. The maximum Gasteiger partial charge on any atom is 0.102 e. The van der Waals surface area contributed by atoms with Crippen LogP contribution in [0, 0.1) is 5.92 Å². The third-order valence-corrected chi connectivity index (χ3v) is 4.13. The standard InChI is InChI=1S/C17H31NO2.ClH/c1-13-10-11-15(18)8-6-4-5-7-9-16(20-3)17(19)14(2)12-13;/h7,9,12,14-17,19H,4-6,8,10-11,18H2,1-3H3;1H/b9-7+,13-12-;/t14-,15-,16+,17+;/m1./s1. The van der Waals surface area contributed by atoms with Crippen LogP contribution in [0.2, 0.25) is 0 Å². The van der Waals surface area contributed by atoms with Gasteiger partial charge in [-0.25, -0.2) is 0 Å². The van der Waals surface area contributed by atoms with Crippen LogP contribution in [0.15, 0.2) is 23.8 Å². The molecule has 124 valence electrons. The van der Waals surface area contributed by atoms with E-state index < -0.39 is 6.10 Å². The highest BCUT2D eigenvalue weighted by molar-refractivity contribution is 5.85. The van der Waals surface area contributed by atoms with Gasteiger partial charge < -0.3 is 15.6 Å². The first kappa shape index (κ1) is 20.6. The molecule has 1 aliphatic carbocycles. The Kier molecular flexibility index (Phi) is 11.1. The Morgan fingerprint density at radius 3 is 2.67 bits per heavy atom. The van der Waals surface area contributed by atoms with Crippen molar-refractivity contribution in [2.45, 2.75) is 70.6 Å². The van der Waals surface area contributed by atoms with E-state index in [2.05, 4.69) is 19.1 Å². The summed E-state index contributed by atoms with van der Waals surface area (Å²) in [5.41, 5.74) is 7.45. The van der Waals surface area contributed by atoms with Crippen molar-refractivity contribution in [3.05, 3.63) is 23.8 Å². The topological polar surface area (TPSA) is 55.5 Å². The highest BCUT2D eigenvalue weighted by Gasteiger charge is 2.21. The van der Waals surface area contributed by atoms with Crippen LogP contribution >= 0.6 is 12.4 Å². The number of nitrogens with two attached hydrogens (primary N) is 1. The summed E-state index contributed by atoms with van der Waals surface area (Å²) in [5, 5.41) is 10.4. The molecule has 0 aliphatic heterocycles. The molecule has 21 heavy (non-hydrogen) atoms. The van der Waals surface area contributed by atoms with Gasteiger partial charge in [0.15, 0.2) is 0 Å². The SMILES string of the molecule is CO[C@H]1/C=C/CCCC[C@@H](N)CC/C(C)=C\[C@@H](C)[C@@H]1O.Cl. The van der Waals surface area contributed by atoms with Crippen LogP contribution in [0.4, 0.5) is 0 Å². The molecule has 0 fully saturated rings. The zero-order valence-corrected chi connectivity index (χ0v) is 14.4. The third-order valence-electron chi connectivity index (χ3n) is 4.13. The van der Waals surface area contributed by atoms with Crippen molar-refractivity contribution in [1.82, 2.24) is 0 Å². The maximum atomic E-state index is 10.4. The Morgan fingerprint density at radius 2 is 2.00 bits per heavy atom. The molecule has 3 N–H and O–H groups in total. The summed E-state index contributed by atoms with van der Waals surface area (Å²) in [5.74, 6) is 0.0868. The predicted octanol–water partition coefficient (Wildman–Crippen LogP) is 3.60. The molecule has 0 amide bonds. The highest BCUT2D eigenvalue weighted by atomic mass is 35.5. The van der Waals surface area contributed by atoms with E-state index in [0.29, 0.717) is 6.04 Å². The summed E-state index contributed by atoms with van der Waals surface area (Å²) >= 11 is 0. The third kappa shape index (κ3) is 8.01. The molecule has 0 bridgehead atoms. The predicted molar refractivity (Wildman–Crippen MR) is 91.8 cm³/mol. The van der Waals surface area contributed by atoms with Gasteiger partial charge in [-0.1, -0.05) is 37.1 Å². The Labute approximate surface area is 136 Å². The number of ether oxygens (including phenoxy) is 1. The zero-order valence-electron chi connectivity index (χ0n) is 13.6. The van der Waals surface area contributed by atoms with E-state index in [4.69, 9.17) is 10.5 Å². The normalized spacial score (nSPS) is 36.7. The molecule has 0 heterocycles. The molecule has 4 heteroatoms. The summed E-state index contributed by atoms with van der Waals surface area (Å²) in [7, 11) is 1.66. The van der Waals surface area contributed by atoms with Gasteiger partial charge in [0.05, 0.1) is 6.10 Å². The first-order chi connectivity index (χ1) is 9.54. The lowest BCUT2D eigenvalue weighted by Gasteiger charge is -2.23. The number of aliphatic hydroxyl groups is 1. The highest BCUT2D eigenvalue weighted by Crippen LogP contribution is 2.19. The molecule has 0 aromatic rings. The fourth-order valence-corrected chi connectivity index (χ4v) is 2.72. The van der Waals surface area contributed by atoms with Gasteiger partial charge in [-0.15, -0.1) is 12.4 Å². The quantitative estimate of drug-likeness (QED) is 0.726. The van der Waals surface area contributed by atoms with Crippen LogP contribution in [0.25, 0.3) is 0 Å². The number of methoxy groups -OCH3 is 1. The van der Waals surface area contributed by atoms with Crippen molar-refractivity contribution in [2.75, 3.05) is 7.11 Å². The average Bonchev–Trinajstić information content (AvgIpc) is 2.43. The fourth-order valence-electron chi connectivity index (χ4n) is 2.72. The average molecular weight is 318 g/mol. The minimum absolute atomic E-state index is 0. The van der Waals surface area contributed by atoms with E-state index in [0.717, 1.165) is 32.1 Å². The number of aliphatic hydroxyl groups excluding tert-OH is 1. The molecule has 0 unspecified atom stereocenters. The van der Waals surface area contributed by atoms with Gasteiger partial charge in [-0.2, -0.15) is 0 Å².